The lowest BCUT2D eigenvalue weighted by atomic mass is 10.0. The normalized spacial score (nSPS) is 9.92. The first kappa shape index (κ1) is 15.7. The fourth-order valence-corrected chi connectivity index (χ4v) is 3.01. The van der Waals surface area contributed by atoms with E-state index in [1.807, 2.05) is 48.5 Å². The topological polar surface area (TPSA) is 73.4 Å². The summed E-state index contributed by atoms with van der Waals surface area (Å²) in [6.45, 7) is 0. The van der Waals surface area contributed by atoms with Crippen LogP contribution in [0.2, 0.25) is 0 Å². The van der Waals surface area contributed by atoms with Gasteiger partial charge in [0, 0.05) is 29.1 Å². The molecule has 0 fully saturated rings. The first-order valence-corrected chi connectivity index (χ1v) is 8.22. The van der Waals surface area contributed by atoms with E-state index < -0.39 is 0 Å². The Morgan fingerprint density at radius 3 is 2.46 bits per heavy atom. The average molecular weight is 328 g/mol. The fourth-order valence-electron chi connectivity index (χ4n) is 2.34. The van der Waals surface area contributed by atoms with Crippen molar-refractivity contribution in [1.29, 1.82) is 10.5 Å². The smallest absolute Gasteiger partial charge is 0.116 e. The Morgan fingerprint density at radius 2 is 1.79 bits per heavy atom. The van der Waals surface area contributed by atoms with E-state index in [2.05, 4.69) is 22.1 Å². The molecule has 0 spiro atoms. The maximum Gasteiger partial charge on any atom is 0.116 e. The van der Waals surface area contributed by atoms with Crippen LogP contribution >= 0.6 is 11.8 Å². The Labute approximate surface area is 144 Å². The van der Waals surface area contributed by atoms with Crippen LogP contribution in [0, 0.1) is 22.7 Å². The zero-order valence-corrected chi connectivity index (χ0v) is 13.5. The summed E-state index contributed by atoms with van der Waals surface area (Å²) in [6, 6.07) is 19.7. The van der Waals surface area contributed by atoms with E-state index in [9.17, 15) is 5.26 Å². The van der Waals surface area contributed by atoms with Crippen LogP contribution < -0.4 is 0 Å². The molecule has 1 aromatic carbocycles. The Hall–Kier alpha value is -3.15. The molecule has 114 valence electrons. The third-order valence-corrected chi connectivity index (χ3v) is 4.26. The highest BCUT2D eigenvalue weighted by atomic mass is 32.2. The van der Waals surface area contributed by atoms with Gasteiger partial charge in [0.25, 0.3) is 0 Å². The second-order valence-electron chi connectivity index (χ2n) is 4.90. The number of pyridine rings is 2. The minimum atomic E-state index is 0.242. The van der Waals surface area contributed by atoms with Crippen molar-refractivity contribution in [3.8, 4) is 34.5 Å². The van der Waals surface area contributed by atoms with Gasteiger partial charge in [-0.15, -0.1) is 0 Å². The quantitative estimate of drug-likeness (QED) is 0.668. The summed E-state index contributed by atoms with van der Waals surface area (Å²) in [5, 5.41) is 19.1. The van der Waals surface area contributed by atoms with Gasteiger partial charge in [-0.05, 0) is 12.1 Å². The van der Waals surface area contributed by atoms with Crippen molar-refractivity contribution in [3.63, 3.8) is 0 Å². The summed E-state index contributed by atoms with van der Waals surface area (Å²) in [6.07, 6.45) is 3.42. The number of rotatable bonds is 4. The highest BCUT2D eigenvalue weighted by molar-refractivity contribution is 7.99. The first-order chi connectivity index (χ1) is 11.8. The molecule has 24 heavy (non-hydrogen) atoms. The number of nitrogens with zero attached hydrogens (tertiary/aromatic N) is 4. The van der Waals surface area contributed by atoms with Crippen molar-refractivity contribution >= 4 is 11.8 Å². The van der Waals surface area contributed by atoms with E-state index >= 15 is 0 Å². The van der Waals surface area contributed by atoms with Crippen LogP contribution in [0.5, 0.6) is 0 Å². The van der Waals surface area contributed by atoms with Gasteiger partial charge in [-0.2, -0.15) is 10.5 Å². The summed E-state index contributed by atoms with van der Waals surface area (Å²) in [5.41, 5.74) is 3.84. The molecule has 0 radical (unpaired) electrons. The minimum absolute atomic E-state index is 0.242. The molecule has 0 unspecified atom stereocenters. The number of hydrogen-bond donors (Lipinski definition) is 0. The maximum absolute atomic E-state index is 9.61. The van der Waals surface area contributed by atoms with Gasteiger partial charge in [-0.25, -0.2) is 4.98 Å². The molecular weight excluding hydrogens is 316 g/mol. The summed E-state index contributed by atoms with van der Waals surface area (Å²) in [7, 11) is 0. The minimum Gasteiger partial charge on any atom is -0.264 e. The van der Waals surface area contributed by atoms with Crippen molar-refractivity contribution in [3.05, 3.63) is 66.5 Å². The zero-order chi connectivity index (χ0) is 16.8. The monoisotopic (exact) mass is 328 g/mol. The molecule has 0 saturated heterocycles. The highest BCUT2D eigenvalue weighted by Crippen LogP contribution is 2.33. The molecule has 0 aliphatic rings. The van der Waals surface area contributed by atoms with Gasteiger partial charge in [-0.3, -0.25) is 4.98 Å². The van der Waals surface area contributed by atoms with Gasteiger partial charge >= 0.3 is 0 Å². The molecule has 0 N–H and O–H groups in total. The lowest BCUT2D eigenvalue weighted by Gasteiger charge is -2.11. The summed E-state index contributed by atoms with van der Waals surface area (Å²) in [4.78, 5) is 8.75. The van der Waals surface area contributed by atoms with Crippen molar-refractivity contribution in [1.82, 2.24) is 9.97 Å². The molecule has 3 rings (SSSR count). The number of thioether (sulfide) groups is 1. The van der Waals surface area contributed by atoms with Gasteiger partial charge in [0.2, 0.25) is 0 Å². The second kappa shape index (κ2) is 7.41. The molecule has 4 nitrogen and oxygen atoms in total. The van der Waals surface area contributed by atoms with Crippen LogP contribution in [-0.4, -0.2) is 15.7 Å². The summed E-state index contributed by atoms with van der Waals surface area (Å²) in [5.74, 6) is 0.242. The van der Waals surface area contributed by atoms with Crippen LogP contribution in [0.3, 0.4) is 0 Å². The zero-order valence-electron chi connectivity index (χ0n) is 12.7. The van der Waals surface area contributed by atoms with E-state index in [0.29, 0.717) is 10.6 Å². The largest absolute Gasteiger partial charge is 0.264 e. The summed E-state index contributed by atoms with van der Waals surface area (Å²) >= 11 is 1.27. The lowest BCUT2D eigenvalue weighted by molar-refractivity contribution is 1.12. The van der Waals surface area contributed by atoms with Crippen molar-refractivity contribution in [2.24, 2.45) is 0 Å². The van der Waals surface area contributed by atoms with E-state index in [1.165, 1.54) is 11.8 Å². The average Bonchev–Trinajstić information content (AvgIpc) is 2.67. The molecule has 0 aliphatic carbocycles. The second-order valence-corrected chi connectivity index (χ2v) is 5.87. The predicted octanol–water partition coefficient (Wildman–Crippen LogP) is 4.30. The van der Waals surface area contributed by atoms with Crippen LogP contribution in [0.15, 0.2) is 66.0 Å². The molecule has 2 aromatic heterocycles. The number of nitriles is 2. The van der Waals surface area contributed by atoms with Crippen LogP contribution in [0.1, 0.15) is 5.56 Å². The first-order valence-electron chi connectivity index (χ1n) is 7.24. The molecule has 5 heteroatoms. The Morgan fingerprint density at radius 1 is 1.00 bits per heavy atom. The molecule has 0 amide bonds. The van der Waals surface area contributed by atoms with Gasteiger partial charge < -0.3 is 0 Å². The third kappa shape index (κ3) is 3.27. The lowest BCUT2D eigenvalue weighted by Crippen LogP contribution is -1.96. The van der Waals surface area contributed by atoms with E-state index in [0.717, 1.165) is 22.4 Å². The number of hydrogen-bond acceptors (Lipinski definition) is 5. The molecule has 0 aliphatic heterocycles. The molecule has 0 bridgehead atoms. The van der Waals surface area contributed by atoms with Crippen LogP contribution in [0.25, 0.3) is 22.4 Å². The fraction of sp³-hybridized carbons (Fsp3) is 0.0526. The Balaban J connectivity index is 2.23. The Bertz CT molecular complexity index is 925. The van der Waals surface area contributed by atoms with Gasteiger partial charge in [-0.1, -0.05) is 48.2 Å². The third-order valence-electron chi connectivity index (χ3n) is 3.41. The molecule has 2 heterocycles. The molecule has 3 aromatic rings. The van der Waals surface area contributed by atoms with Gasteiger partial charge in [0.1, 0.15) is 11.1 Å². The molecular formula is C19H12N4S. The van der Waals surface area contributed by atoms with Gasteiger partial charge in [0.15, 0.2) is 0 Å². The SMILES string of the molecule is N#CCSc1nc(-c2ccccc2)cc(-c2cccnc2)c1C#N. The van der Waals surface area contributed by atoms with E-state index in [1.54, 1.807) is 12.4 Å². The highest BCUT2D eigenvalue weighted by Gasteiger charge is 2.15. The van der Waals surface area contributed by atoms with Crippen molar-refractivity contribution < 1.29 is 0 Å². The molecule has 0 saturated carbocycles. The van der Waals surface area contributed by atoms with Crippen molar-refractivity contribution in [2.75, 3.05) is 5.75 Å². The Kier molecular flexibility index (Phi) is 4.86. The van der Waals surface area contributed by atoms with Crippen molar-refractivity contribution in [2.45, 2.75) is 5.03 Å². The number of aromatic nitrogens is 2. The standard InChI is InChI=1S/C19H12N4S/c20-8-10-24-19-17(12-21)16(15-7-4-9-22-13-15)11-18(23-19)14-5-2-1-3-6-14/h1-7,9,11,13H,10H2. The van der Waals surface area contributed by atoms with Crippen LogP contribution in [-0.2, 0) is 0 Å². The van der Waals surface area contributed by atoms with E-state index in [4.69, 9.17) is 5.26 Å². The number of benzene rings is 1. The predicted molar refractivity (Wildman–Crippen MR) is 94.0 cm³/mol. The molecule has 0 atom stereocenters. The maximum atomic E-state index is 9.61. The van der Waals surface area contributed by atoms with E-state index in [-0.39, 0.29) is 5.75 Å². The van der Waals surface area contributed by atoms with Gasteiger partial charge in [0.05, 0.1) is 23.1 Å². The summed E-state index contributed by atoms with van der Waals surface area (Å²) < 4.78 is 0. The van der Waals surface area contributed by atoms with Crippen LogP contribution in [0.4, 0.5) is 0 Å².